The third-order valence-electron chi connectivity index (χ3n) is 2.66. The van der Waals surface area contributed by atoms with Gasteiger partial charge in [-0.05, 0) is 6.07 Å². The van der Waals surface area contributed by atoms with Crippen molar-refractivity contribution in [1.82, 2.24) is 10.2 Å². The quantitative estimate of drug-likeness (QED) is 0.785. The fourth-order valence-corrected chi connectivity index (χ4v) is 1.34. The van der Waals surface area contributed by atoms with Gasteiger partial charge in [0.05, 0.1) is 12.3 Å². The molecule has 0 fully saturated rings. The van der Waals surface area contributed by atoms with E-state index >= 15 is 0 Å². The van der Waals surface area contributed by atoms with Crippen molar-refractivity contribution >= 4 is 0 Å². The fourth-order valence-electron chi connectivity index (χ4n) is 1.34. The number of aliphatic hydroxyl groups is 1. The lowest BCUT2D eigenvalue weighted by atomic mass is 9.96. The summed E-state index contributed by atoms with van der Waals surface area (Å²) in [5, 5.41) is 12.4. The van der Waals surface area contributed by atoms with E-state index in [-0.39, 0.29) is 6.07 Å². The first-order valence-electron chi connectivity index (χ1n) is 5.27. The summed E-state index contributed by atoms with van der Waals surface area (Å²) >= 11 is 0. The molecule has 14 heteroatoms. The molecule has 0 bridgehead atoms. The number of halogens is 11. The minimum atomic E-state index is -7.49. The van der Waals surface area contributed by atoms with Crippen molar-refractivity contribution in [3.8, 4) is 0 Å². The maximum atomic E-state index is 13.4. The van der Waals surface area contributed by atoms with Gasteiger partial charge >= 0.3 is 29.9 Å². The summed E-state index contributed by atoms with van der Waals surface area (Å²) < 4.78 is 140. The van der Waals surface area contributed by atoms with Crippen LogP contribution in [0.25, 0.3) is 0 Å². The molecule has 1 aromatic rings. The van der Waals surface area contributed by atoms with E-state index in [1.165, 1.54) is 5.10 Å². The van der Waals surface area contributed by atoms with Crippen LogP contribution in [-0.4, -0.2) is 39.2 Å². The van der Waals surface area contributed by atoms with Gasteiger partial charge in [-0.3, -0.25) is 5.10 Å². The van der Waals surface area contributed by atoms with Crippen molar-refractivity contribution in [1.29, 1.82) is 0 Å². The average molecular weight is 366 g/mol. The molecule has 23 heavy (non-hydrogen) atoms. The number of H-pyrrole nitrogens is 1. The van der Waals surface area contributed by atoms with Crippen LogP contribution in [-0.2, 0) is 12.5 Å². The van der Waals surface area contributed by atoms with E-state index in [9.17, 15) is 48.3 Å². The van der Waals surface area contributed by atoms with E-state index in [0.717, 1.165) is 0 Å². The highest BCUT2D eigenvalue weighted by atomic mass is 19.4. The highest BCUT2D eigenvalue weighted by molar-refractivity contribution is 5.20. The standard InChI is InChI=1S/C9H5F11N2O/c10-5(11,4-1-3(2-23)21-22-4)6(12,13)7(14,15)8(16,17)9(18,19)20/h1,23H,2H2,(H,21,22). The Bertz CT molecular complexity index is 562. The van der Waals surface area contributed by atoms with Gasteiger partial charge in [-0.15, -0.1) is 0 Å². The molecule has 0 radical (unpaired) electrons. The lowest BCUT2D eigenvalue weighted by Gasteiger charge is -2.36. The molecule has 0 aliphatic heterocycles. The van der Waals surface area contributed by atoms with Crippen LogP contribution in [0.3, 0.4) is 0 Å². The summed E-state index contributed by atoms with van der Waals surface area (Å²) in [6.07, 6.45) is -7.21. The Hall–Kier alpha value is -1.60. The normalized spacial score (nSPS) is 15.1. The Morgan fingerprint density at radius 2 is 1.30 bits per heavy atom. The molecule has 0 amide bonds. The number of alkyl halides is 11. The second-order valence-electron chi connectivity index (χ2n) is 4.23. The molecule has 1 aromatic heterocycles. The maximum Gasteiger partial charge on any atom is 0.460 e. The Morgan fingerprint density at radius 3 is 1.65 bits per heavy atom. The van der Waals surface area contributed by atoms with Crippen LogP contribution in [0.2, 0.25) is 0 Å². The van der Waals surface area contributed by atoms with E-state index in [1.807, 2.05) is 0 Å². The molecule has 0 aliphatic rings. The van der Waals surface area contributed by atoms with Crippen molar-refractivity contribution in [2.45, 2.75) is 36.5 Å². The predicted octanol–water partition coefficient (Wildman–Crippen LogP) is 3.46. The van der Waals surface area contributed by atoms with E-state index < -0.39 is 47.9 Å². The zero-order valence-corrected chi connectivity index (χ0v) is 10.3. The van der Waals surface area contributed by atoms with Crippen LogP contribution in [0.15, 0.2) is 6.07 Å². The smallest absolute Gasteiger partial charge is 0.390 e. The first-order valence-corrected chi connectivity index (χ1v) is 5.27. The highest BCUT2D eigenvalue weighted by Gasteiger charge is 2.87. The Kier molecular flexibility index (Phi) is 4.40. The second kappa shape index (κ2) is 5.21. The number of rotatable bonds is 5. The van der Waals surface area contributed by atoms with E-state index in [0.29, 0.717) is 0 Å². The van der Waals surface area contributed by atoms with Gasteiger partial charge in [-0.1, -0.05) is 0 Å². The number of hydrogen-bond donors (Lipinski definition) is 2. The molecule has 2 N–H and O–H groups in total. The monoisotopic (exact) mass is 366 g/mol. The van der Waals surface area contributed by atoms with Gasteiger partial charge in [-0.25, -0.2) is 0 Å². The predicted molar refractivity (Wildman–Crippen MR) is 49.3 cm³/mol. The van der Waals surface area contributed by atoms with Gasteiger partial charge in [0.2, 0.25) is 0 Å². The largest absolute Gasteiger partial charge is 0.460 e. The summed E-state index contributed by atoms with van der Waals surface area (Å²) in [6.45, 7) is -1.09. The molecule has 0 saturated carbocycles. The molecule has 0 saturated heterocycles. The first kappa shape index (κ1) is 19.4. The van der Waals surface area contributed by atoms with Gasteiger partial charge in [0.25, 0.3) is 0 Å². The van der Waals surface area contributed by atoms with E-state index in [2.05, 4.69) is 5.10 Å². The Morgan fingerprint density at radius 1 is 0.826 bits per heavy atom. The minimum Gasteiger partial charge on any atom is -0.390 e. The lowest BCUT2D eigenvalue weighted by Crippen LogP contribution is -2.65. The van der Waals surface area contributed by atoms with Crippen LogP contribution in [0.4, 0.5) is 48.3 Å². The third-order valence-corrected chi connectivity index (χ3v) is 2.66. The van der Waals surface area contributed by atoms with Gasteiger partial charge in [0.15, 0.2) is 0 Å². The summed E-state index contributed by atoms with van der Waals surface area (Å²) in [6, 6.07) is -0.0876. The number of aromatic amines is 1. The van der Waals surface area contributed by atoms with Crippen molar-refractivity contribution < 1.29 is 53.4 Å². The van der Waals surface area contributed by atoms with Crippen LogP contribution in [0, 0.1) is 0 Å². The third kappa shape index (κ3) is 2.61. The molecule has 0 atom stereocenters. The molecule has 1 heterocycles. The molecule has 0 aliphatic carbocycles. The van der Waals surface area contributed by atoms with Crippen molar-refractivity contribution in [2.24, 2.45) is 0 Å². The number of hydrogen-bond acceptors (Lipinski definition) is 2. The van der Waals surface area contributed by atoms with Gasteiger partial charge < -0.3 is 5.11 Å². The van der Waals surface area contributed by atoms with Crippen molar-refractivity contribution in [3.05, 3.63) is 17.5 Å². The van der Waals surface area contributed by atoms with Crippen molar-refractivity contribution in [3.63, 3.8) is 0 Å². The number of nitrogens with one attached hydrogen (secondary N) is 1. The zero-order chi connectivity index (χ0) is 18.5. The molecule has 0 unspecified atom stereocenters. The number of nitrogens with zero attached hydrogens (tertiary/aromatic N) is 1. The molecule has 0 aromatic carbocycles. The first-order chi connectivity index (χ1) is 10.0. The average Bonchev–Trinajstić information content (AvgIpc) is 2.85. The van der Waals surface area contributed by atoms with Crippen LogP contribution < -0.4 is 0 Å². The number of aliphatic hydroxyl groups excluding tert-OH is 1. The number of aromatic nitrogens is 2. The van der Waals surface area contributed by atoms with Gasteiger partial charge in [-0.2, -0.15) is 53.4 Å². The van der Waals surface area contributed by atoms with Gasteiger partial charge in [0, 0.05) is 0 Å². The van der Waals surface area contributed by atoms with E-state index in [4.69, 9.17) is 5.11 Å². The molecule has 134 valence electrons. The summed E-state index contributed by atoms with van der Waals surface area (Å²) in [5.41, 5.74) is -2.94. The summed E-state index contributed by atoms with van der Waals surface area (Å²) in [7, 11) is 0. The Labute approximate surface area is 119 Å². The van der Waals surface area contributed by atoms with Gasteiger partial charge in [0.1, 0.15) is 5.69 Å². The van der Waals surface area contributed by atoms with E-state index in [1.54, 1.807) is 0 Å². The minimum absolute atomic E-state index is 0.0876. The lowest BCUT2D eigenvalue weighted by molar-refractivity contribution is -0.425. The second-order valence-corrected chi connectivity index (χ2v) is 4.23. The Balaban J connectivity index is 3.42. The molecule has 3 nitrogen and oxygen atoms in total. The summed E-state index contributed by atoms with van der Waals surface area (Å²) in [5.74, 6) is -28.3. The topological polar surface area (TPSA) is 48.9 Å². The molecule has 0 spiro atoms. The van der Waals surface area contributed by atoms with Crippen LogP contribution in [0.1, 0.15) is 11.4 Å². The van der Waals surface area contributed by atoms with Crippen molar-refractivity contribution in [2.75, 3.05) is 0 Å². The van der Waals surface area contributed by atoms with Crippen LogP contribution in [0.5, 0.6) is 0 Å². The SMILES string of the molecule is OCc1cc(C(F)(F)C(F)(F)C(F)(F)C(F)(F)C(F)(F)F)n[nH]1. The summed E-state index contributed by atoms with van der Waals surface area (Å²) in [4.78, 5) is 0. The molecule has 1 rings (SSSR count). The highest BCUT2D eigenvalue weighted by Crippen LogP contribution is 2.59. The maximum absolute atomic E-state index is 13.4. The fraction of sp³-hybridized carbons (Fsp3) is 0.667. The molecular weight excluding hydrogens is 361 g/mol. The zero-order valence-electron chi connectivity index (χ0n) is 10.3. The molecular formula is C9H5F11N2O. The van der Waals surface area contributed by atoms with Crippen LogP contribution >= 0.6 is 0 Å².